The molecule has 3 N–H and O–H groups in total. The number of para-hydroxylation sites is 1. The molecule has 3 amide bonds. The van der Waals surface area contributed by atoms with Gasteiger partial charge in [-0.1, -0.05) is 12.1 Å². The monoisotopic (exact) mass is 399 g/mol. The van der Waals surface area contributed by atoms with Gasteiger partial charge in [0, 0.05) is 17.4 Å². The van der Waals surface area contributed by atoms with Crippen LogP contribution in [0.5, 0.6) is 0 Å². The first kappa shape index (κ1) is 20.0. The molecule has 8 heteroatoms. The molecule has 0 fully saturated rings. The van der Waals surface area contributed by atoms with Crippen LogP contribution in [-0.2, 0) is 14.3 Å². The molecule has 24 heavy (non-hydrogen) atoms. The third-order valence-corrected chi connectivity index (χ3v) is 3.31. The fourth-order valence-corrected chi connectivity index (χ4v) is 2.00. The van der Waals surface area contributed by atoms with Gasteiger partial charge in [0.1, 0.15) is 5.60 Å². The molecule has 1 rings (SSSR count). The van der Waals surface area contributed by atoms with E-state index >= 15 is 0 Å². The van der Waals surface area contributed by atoms with Crippen molar-refractivity contribution in [1.82, 2.24) is 10.6 Å². The third kappa shape index (κ3) is 8.52. The van der Waals surface area contributed by atoms with Gasteiger partial charge in [0.2, 0.25) is 11.8 Å². The maximum Gasteiger partial charge on any atom is 0.407 e. The number of ether oxygens (including phenoxy) is 1. The number of hydrogen-bond acceptors (Lipinski definition) is 4. The fourth-order valence-electron chi connectivity index (χ4n) is 1.62. The van der Waals surface area contributed by atoms with Crippen molar-refractivity contribution < 1.29 is 19.1 Å². The molecule has 0 saturated heterocycles. The minimum Gasteiger partial charge on any atom is -0.444 e. The minimum atomic E-state index is -0.587. The highest BCUT2D eigenvalue weighted by Gasteiger charge is 2.16. The van der Waals surface area contributed by atoms with E-state index in [1.807, 2.05) is 6.07 Å². The van der Waals surface area contributed by atoms with Crippen LogP contribution < -0.4 is 16.0 Å². The first-order chi connectivity index (χ1) is 11.2. The van der Waals surface area contributed by atoms with E-state index in [0.717, 1.165) is 4.47 Å². The molecule has 0 spiro atoms. The number of nitrogens with one attached hydrogen (secondary N) is 3. The Bertz CT molecular complexity index is 599. The van der Waals surface area contributed by atoms with Crippen molar-refractivity contribution in [1.29, 1.82) is 0 Å². The van der Waals surface area contributed by atoms with Crippen LogP contribution in [0.2, 0.25) is 0 Å². The van der Waals surface area contributed by atoms with Crippen molar-refractivity contribution in [3.05, 3.63) is 28.7 Å². The van der Waals surface area contributed by atoms with E-state index in [2.05, 4.69) is 31.9 Å². The van der Waals surface area contributed by atoms with Gasteiger partial charge >= 0.3 is 6.09 Å². The summed E-state index contributed by atoms with van der Waals surface area (Å²) in [6, 6.07) is 7.17. The molecule has 0 aliphatic rings. The van der Waals surface area contributed by atoms with E-state index in [0.29, 0.717) is 5.69 Å². The third-order valence-electron chi connectivity index (χ3n) is 2.61. The van der Waals surface area contributed by atoms with E-state index in [1.54, 1.807) is 39.0 Å². The largest absolute Gasteiger partial charge is 0.444 e. The van der Waals surface area contributed by atoms with Crippen LogP contribution in [0.25, 0.3) is 0 Å². The van der Waals surface area contributed by atoms with E-state index in [-0.39, 0.29) is 31.3 Å². The van der Waals surface area contributed by atoms with Gasteiger partial charge < -0.3 is 20.7 Å². The Hall–Kier alpha value is -2.09. The van der Waals surface area contributed by atoms with Gasteiger partial charge in [0.15, 0.2) is 0 Å². The van der Waals surface area contributed by atoms with Crippen molar-refractivity contribution in [2.75, 3.05) is 18.4 Å². The van der Waals surface area contributed by atoms with Crippen molar-refractivity contribution >= 4 is 39.5 Å². The Kier molecular flexibility index (Phi) is 7.70. The maximum absolute atomic E-state index is 11.8. The summed E-state index contributed by atoms with van der Waals surface area (Å²) in [5.41, 5.74) is 0.0409. The Morgan fingerprint density at radius 1 is 1.08 bits per heavy atom. The second-order valence-corrected chi connectivity index (χ2v) is 6.84. The van der Waals surface area contributed by atoms with Gasteiger partial charge in [0.25, 0.3) is 0 Å². The number of rotatable bonds is 6. The second kappa shape index (κ2) is 9.27. The molecular weight excluding hydrogens is 378 g/mol. The number of alkyl carbamates (subject to hydrolysis) is 1. The molecule has 1 aromatic rings. The average molecular weight is 400 g/mol. The van der Waals surface area contributed by atoms with Crippen LogP contribution in [0.4, 0.5) is 10.5 Å². The predicted molar refractivity (Wildman–Crippen MR) is 94.6 cm³/mol. The minimum absolute atomic E-state index is 0.0571. The molecule has 0 aliphatic heterocycles. The fraction of sp³-hybridized carbons (Fsp3) is 0.438. The molecular formula is C16H22BrN3O4. The molecule has 0 bridgehead atoms. The summed E-state index contributed by atoms with van der Waals surface area (Å²) >= 11 is 3.32. The van der Waals surface area contributed by atoms with Crippen molar-refractivity contribution in [2.24, 2.45) is 0 Å². The van der Waals surface area contributed by atoms with Gasteiger partial charge in [-0.05, 0) is 48.8 Å². The van der Waals surface area contributed by atoms with Gasteiger partial charge in [-0.2, -0.15) is 0 Å². The summed E-state index contributed by atoms with van der Waals surface area (Å²) in [7, 11) is 0. The smallest absolute Gasteiger partial charge is 0.407 e. The molecule has 1 aromatic carbocycles. The number of carbonyl (C=O) groups excluding carboxylic acids is 3. The van der Waals surface area contributed by atoms with Crippen molar-refractivity contribution in [2.45, 2.75) is 32.8 Å². The molecule has 0 atom stereocenters. The lowest BCUT2D eigenvalue weighted by atomic mass is 10.2. The summed E-state index contributed by atoms with van der Waals surface area (Å²) in [6.45, 7) is 5.24. The van der Waals surface area contributed by atoms with Crippen LogP contribution in [0.15, 0.2) is 28.7 Å². The van der Waals surface area contributed by atoms with Gasteiger partial charge in [-0.15, -0.1) is 0 Å². The normalized spacial score (nSPS) is 10.7. The van der Waals surface area contributed by atoms with Crippen molar-refractivity contribution in [3.63, 3.8) is 0 Å². The molecule has 0 heterocycles. The number of anilines is 1. The summed E-state index contributed by atoms with van der Waals surface area (Å²) in [4.78, 5) is 34.8. The number of amides is 3. The Morgan fingerprint density at radius 2 is 1.75 bits per heavy atom. The standard InChI is InChI=1S/C16H22BrN3O4/c1-16(2,3)24-15(23)18-9-8-13(21)19-10-14(22)20-12-7-5-4-6-11(12)17/h4-7H,8-10H2,1-3H3,(H,18,23)(H,19,21)(H,20,22). The van der Waals surface area contributed by atoms with Crippen LogP contribution in [0.1, 0.15) is 27.2 Å². The zero-order valence-corrected chi connectivity index (χ0v) is 15.5. The van der Waals surface area contributed by atoms with E-state index in [9.17, 15) is 14.4 Å². The Labute approximate surface area is 149 Å². The van der Waals surface area contributed by atoms with Gasteiger partial charge in [-0.3, -0.25) is 9.59 Å². The molecule has 0 aromatic heterocycles. The lowest BCUT2D eigenvalue weighted by Crippen LogP contribution is -2.37. The van der Waals surface area contributed by atoms with Crippen LogP contribution in [-0.4, -0.2) is 36.6 Å². The zero-order valence-electron chi connectivity index (χ0n) is 13.9. The van der Waals surface area contributed by atoms with Crippen LogP contribution in [0.3, 0.4) is 0 Å². The first-order valence-corrected chi connectivity index (χ1v) is 8.24. The van der Waals surface area contributed by atoms with Gasteiger partial charge in [-0.25, -0.2) is 4.79 Å². The van der Waals surface area contributed by atoms with E-state index < -0.39 is 11.7 Å². The Morgan fingerprint density at radius 3 is 2.38 bits per heavy atom. The van der Waals surface area contributed by atoms with Gasteiger partial charge in [0.05, 0.1) is 12.2 Å². The topological polar surface area (TPSA) is 96.5 Å². The lowest BCUT2D eigenvalue weighted by Gasteiger charge is -2.19. The summed E-state index contributed by atoms with van der Waals surface area (Å²) in [5.74, 6) is -0.677. The number of halogens is 1. The molecule has 0 radical (unpaired) electrons. The molecule has 0 aliphatic carbocycles. The highest BCUT2D eigenvalue weighted by molar-refractivity contribution is 9.10. The summed E-state index contributed by atoms with van der Waals surface area (Å²) < 4.78 is 5.80. The SMILES string of the molecule is CC(C)(C)OC(=O)NCCC(=O)NCC(=O)Nc1ccccc1Br. The molecule has 132 valence electrons. The summed E-state index contributed by atoms with van der Waals surface area (Å²) in [6.07, 6.45) is -0.524. The Balaban J connectivity index is 2.23. The van der Waals surface area contributed by atoms with E-state index in [1.165, 1.54) is 0 Å². The number of carbonyl (C=O) groups is 3. The zero-order chi connectivity index (χ0) is 18.2. The highest BCUT2D eigenvalue weighted by atomic mass is 79.9. The maximum atomic E-state index is 11.8. The predicted octanol–water partition coefficient (Wildman–Crippen LogP) is 2.42. The highest BCUT2D eigenvalue weighted by Crippen LogP contribution is 2.20. The lowest BCUT2D eigenvalue weighted by molar-refractivity contribution is -0.124. The average Bonchev–Trinajstić information content (AvgIpc) is 2.45. The van der Waals surface area contributed by atoms with E-state index in [4.69, 9.17) is 4.74 Å². The first-order valence-electron chi connectivity index (χ1n) is 7.45. The number of benzene rings is 1. The summed E-state index contributed by atoms with van der Waals surface area (Å²) in [5, 5.41) is 7.64. The second-order valence-electron chi connectivity index (χ2n) is 5.98. The van der Waals surface area contributed by atoms with Crippen LogP contribution >= 0.6 is 15.9 Å². The quantitative estimate of drug-likeness (QED) is 0.683. The number of hydrogen-bond donors (Lipinski definition) is 3. The molecule has 7 nitrogen and oxygen atoms in total. The van der Waals surface area contributed by atoms with Crippen molar-refractivity contribution in [3.8, 4) is 0 Å². The molecule has 0 saturated carbocycles. The molecule has 0 unspecified atom stereocenters. The van der Waals surface area contributed by atoms with Crippen LogP contribution in [0, 0.1) is 0 Å².